The summed E-state index contributed by atoms with van der Waals surface area (Å²) in [7, 11) is 1.36. The molecule has 0 radical (unpaired) electrons. The standard InChI is InChI=1S/C20H21NO4/c1-25-20(24)17-11-8-16(9-12-17)10-13-18-6-2-4-14-21(18)15-5-3-7-19(22)23/h2,4,6,8-14H,3,5,7,15H2,1H3/p+1/b13-10+. The van der Waals surface area contributed by atoms with Crippen LogP contribution in [0, 0.1) is 0 Å². The molecule has 1 N–H and O–H groups in total. The Hall–Kier alpha value is -2.95. The second kappa shape index (κ2) is 9.37. The second-order valence-electron chi connectivity index (χ2n) is 5.62. The van der Waals surface area contributed by atoms with Gasteiger partial charge in [0.25, 0.3) is 0 Å². The van der Waals surface area contributed by atoms with Gasteiger partial charge in [-0.2, -0.15) is 4.57 Å². The highest BCUT2D eigenvalue weighted by Gasteiger charge is 2.07. The van der Waals surface area contributed by atoms with Crippen molar-refractivity contribution < 1.29 is 24.0 Å². The normalized spacial score (nSPS) is 10.8. The van der Waals surface area contributed by atoms with Crippen molar-refractivity contribution in [2.75, 3.05) is 7.11 Å². The summed E-state index contributed by atoms with van der Waals surface area (Å²) in [6.45, 7) is 0.773. The van der Waals surface area contributed by atoms with Crippen LogP contribution in [0.5, 0.6) is 0 Å². The van der Waals surface area contributed by atoms with Crippen molar-refractivity contribution >= 4 is 24.1 Å². The van der Waals surface area contributed by atoms with Gasteiger partial charge < -0.3 is 9.84 Å². The van der Waals surface area contributed by atoms with Gasteiger partial charge in [0.05, 0.1) is 12.7 Å². The van der Waals surface area contributed by atoms with E-state index in [-0.39, 0.29) is 12.4 Å². The number of hydrogen-bond donors (Lipinski definition) is 1. The lowest BCUT2D eigenvalue weighted by atomic mass is 10.1. The fourth-order valence-electron chi connectivity index (χ4n) is 2.43. The Morgan fingerprint density at radius 3 is 2.52 bits per heavy atom. The van der Waals surface area contributed by atoms with E-state index >= 15 is 0 Å². The van der Waals surface area contributed by atoms with Gasteiger partial charge in [-0.3, -0.25) is 4.79 Å². The number of aliphatic carboxylic acids is 1. The summed E-state index contributed by atoms with van der Waals surface area (Å²) in [6.07, 6.45) is 7.64. The van der Waals surface area contributed by atoms with Crippen molar-refractivity contribution in [2.24, 2.45) is 0 Å². The number of carbonyl (C=O) groups excluding carboxylic acids is 1. The highest BCUT2D eigenvalue weighted by atomic mass is 16.5. The van der Waals surface area contributed by atoms with Gasteiger partial charge in [0.2, 0.25) is 5.69 Å². The number of esters is 1. The number of pyridine rings is 1. The van der Waals surface area contributed by atoms with E-state index in [1.54, 1.807) is 12.1 Å². The van der Waals surface area contributed by atoms with Gasteiger partial charge in [0, 0.05) is 31.1 Å². The predicted molar refractivity (Wildman–Crippen MR) is 94.8 cm³/mol. The third kappa shape index (κ3) is 5.88. The Morgan fingerprint density at radius 2 is 1.84 bits per heavy atom. The molecule has 0 atom stereocenters. The van der Waals surface area contributed by atoms with Gasteiger partial charge >= 0.3 is 11.9 Å². The molecule has 0 saturated heterocycles. The predicted octanol–water partition coefficient (Wildman–Crippen LogP) is 3.19. The first kappa shape index (κ1) is 18.4. The first-order valence-electron chi connectivity index (χ1n) is 8.17. The van der Waals surface area contributed by atoms with Gasteiger partial charge in [0.15, 0.2) is 6.20 Å². The SMILES string of the molecule is COC(=O)c1ccc(/C=C/c2cccc[n+]2CCCCC(=O)O)cc1. The van der Waals surface area contributed by atoms with Crippen molar-refractivity contribution in [2.45, 2.75) is 25.8 Å². The number of benzene rings is 1. The zero-order valence-electron chi connectivity index (χ0n) is 14.2. The molecule has 0 bridgehead atoms. The molecule has 0 amide bonds. The molecular formula is C20H22NO4+. The Labute approximate surface area is 147 Å². The van der Waals surface area contributed by atoms with E-state index in [2.05, 4.69) is 9.30 Å². The summed E-state index contributed by atoms with van der Waals surface area (Å²) in [6, 6.07) is 13.1. The number of rotatable bonds is 8. The number of carboxylic acids is 1. The molecule has 5 heteroatoms. The van der Waals surface area contributed by atoms with E-state index < -0.39 is 5.97 Å². The van der Waals surface area contributed by atoms with Crippen LogP contribution < -0.4 is 4.57 Å². The minimum absolute atomic E-state index is 0.200. The lowest BCUT2D eigenvalue weighted by Gasteiger charge is -2.01. The van der Waals surface area contributed by atoms with Crippen molar-refractivity contribution in [3.8, 4) is 0 Å². The number of carboxylic acid groups (broad SMARTS) is 1. The van der Waals surface area contributed by atoms with Crippen molar-refractivity contribution in [3.05, 3.63) is 65.5 Å². The quantitative estimate of drug-likeness (QED) is 0.455. The minimum atomic E-state index is -0.756. The van der Waals surface area contributed by atoms with Gasteiger partial charge in [-0.25, -0.2) is 4.79 Å². The van der Waals surface area contributed by atoms with Gasteiger partial charge in [-0.1, -0.05) is 12.1 Å². The fourth-order valence-corrected chi connectivity index (χ4v) is 2.43. The average Bonchev–Trinajstić information content (AvgIpc) is 2.64. The molecule has 1 aromatic carbocycles. The molecule has 0 aliphatic rings. The monoisotopic (exact) mass is 340 g/mol. The van der Waals surface area contributed by atoms with Crippen LogP contribution in [-0.2, 0) is 16.1 Å². The van der Waals surface area contributed by atoms with Gasteiger partial charge in [-0.05, 0) is 36.3 Å². The summed E-state index contributed by atoms with van der Waals surface area (Å²) < 4.78 is 6.78. The molecule has 5 nitrogen and oxygen atoms in total. The number of hydrogen-bond acceptors (Lipinski definition) is 3. The first-order chi connectivity index (χ1) is 12.1. The Kier molecular flexibility index (Phi) is 6.89. The van der Waals surface area contributed by atoms with Crippen LogP contribution in [0.1, 0.15) is 40.9 Å². The minimum Gasteiger partial charge on any atom is -0.481 e. The van der Waals surface area contributed by atoms with E-state index in [9.17, 15) is 9.59 Å². The second-order valence-corrected chi connectivity index (χ2v) is 5.62. The van der Waals surface area contributed by atoms with Crippen molar-refractivity contribution in [1.82, 2.24) is 0 Å². The number of unbranched alkanes of at least 4 members (excludes halogenated alkanes) is 1. The van der Waals surface area contributed by atoms with E-state index in [0.29, 0.717) is 12.0 Å². The summed E-state index contributed by atoms with van der Waals surface area (Å²) in [4.78, 5) is 22.0. The summed E-state index contributed by atoms with van der Waals surface area (Å²) in [5, 5.41) is 8.70. The van der Waals surface area contributed by atoms with Crippen LogP contribution in [0.3, 0.4) is 0 Å². The number of carbonyl (C=O) groups is 2. The van der Waals surface area contributed by atoms with E-state index in [0.717, 1.165) is 24.2 Å². The van der Waals surface area contributed by atoms with E-state index in [1.165, 1.54) is 7.11 Å². The van der Waals surface area contributed by atoms with Crippen molar-refractivity contribution in [1.29, 1.82) is 0 Å². The topological polar surface area (TPSA) is 67.5 Å². The molecule has 1 aromatic heterocycles. The molecule has 0 fully saturated rings. The van der Waals surface area contributed by atoms with E-state index in [4.69, 9.17) is 5.11 Å². The number of ether oxygens (including phenoxy) is 1. The lowest BCUT2D eigenvalue weighted by Crippen LogP contribution is -2.36. The maximum absolute atomic E-state index is 11.4. The third-order valence-electron chi connectivity index (χ3n) is 3.79. The van der Waals surface area contributed by atoms with Crippen LogP contribution in [-0.4, -0.2) is 24.2 Å². The molecule has 0 aliphatic carbocycles. The Balaban J connectivity index is 2.02. The summed E-state index contributed by atoms with van der Waals surface area (Å²) >= 11 is 0. The lowest BCUT2D eigenvalue weighted by molar-refractivity contribution is -0.699. The molecule has 0 spiro atoms. The molecule has 0 saturated carbocycles. The Morgan fingerprint density at radius 1 is 1.08 bits per heavy atom. The summed E-state index contributed by atoms with van der Waals surface area (Å²) in [5.74, 6) is -1.11. The molecule has 2 rings (SSSR count). The number of nitrogens with zero attached hydrogens (tertiary/aromatic N) is 1. The third-order valence-corrected chi connectivity index (χ3v) is 3.79. The highest BCUT2D eigenvalue weighted by Crippen LogP contribution is 2.09. The molecular weight excluding hydrogens is 318 g/mol. The van der Waals surface area contributed by atoms with Gasteiger partial charge in [0.1, 0.15) is 6.54 Å². The van der Waals surface area contributed by atoms with Gasteiger partial charge in [-0.15, -0.1) is 0 Å². The molecule has 0 aliphatic heterocycles. The maximum atomic E-state index is 11.4. The zero-order chi connectivity index (χ0) is 18.1. The van der Waals surface area contributed by atoms with Crippen LogP contribution in [0.15, 0.2) is 48.7 Å². The van der Waals surface area contributed by atoms with Crippen LogP contribution in [0.4, 0.5) is 0 Å². The largest absolute Gasteiger partial charge is 0.481 e. The summed E-state index contributed by atoms with van der Waals surface area (Å²) in [5.41, 5.74) is 2.54. The number of aryl methyl sites for hydroxylation is 1. The smallest absolute Gasteiger partial charge is 0.337 e. The zero-order valence-corrected chi connectivity index (χ0v) is 14.2. The molecule has 130 valence electrons. The fraction of sp³-hybridized carbons (Fsp3) is 0.250. The molecule has 1 heterocycles. The first-order valence-corrected chi connectivity index (χ1v) is 8.17. The number of methoxy groups -OCH3 is 1. The van der Waals surface area contributed by atoms with Crippen LogP contribution in [0.2, 0.25) is 0 Å². The average molecular weight is 340 g/mol. The number of aromatic nitrogens is 1. The van der Waals surface area contributed by atoms with Crippen LogP contribution in [0.25, 0.3) is 12.2 Å². The maximum Gasteiger partial charge on any atom is 0.337 e. The van der Waals surface area contributed by atoms with E-state index in [1.807, 2.05) is 48.7 Å². The van der Waals surface area contributed by atoms with Crippen molar-refractivity contribution in [3.63, 3.8) is 0 Å². The molecule has 25 heavy (non-hydrogen) atoms. The Bertz CT molecular complexity index is 751. The molecule has 2 aromatic rings. The van der Waals surface area contributed by atoms with Crippen LogP contribution >= 0.6 is 0 Å². The highest BCUT2D eigenvalue weighted by molar-refractivity contribution is 5.89. The molecule has 0 unspecified atom stereocenters.